The van der Waals surface area contributed by atoms with Crippen LogP contribution >= 0.6 is 0 Å². The maximum Gasteiger partial charge on any atom is 0.228 e. The van der Waals surface area contributed by atoms with Crippen LogP contribution in [0.15, 0.2) is 30.5 Å². The van der Waals surface area contributed by atoms with Crippen molar-refractivity contribution in [3.63, 3.8) is 0 Å². The largest absolute Gasteiger partial charge is 0.381 e. The highest BCUT2D eigenvalue weighted by molar-refractivity contribution is 5.79. The molecule has 0 bridgehead atoms. The van der Waals surface area contributed by atoms with E-state index in [1.807, 2.05) is 17.0 Å². The Balaban J connectivity index is 1.43. The zero-order valence-electron chi connectivity index (χ0n) is 13.1. The highest BCUT2D eigenvalue weighted by atomic mass is 16.5. The molecule has 2 aromatic heterocycles. The van der Waals surface area contributed by atoms with Gasteiger partial charge in [-0.3, -0.25) is 4.79 Å². The summed E-state index contributed by atoms with van der Waals surface area (Å²) in [5, 5.41) is 1.07. The van der Waals surface area contributed by atoms with Crippen LogP contribution < -0.4 is 0 Å². The first kappa shape index (κ1) is 14.6. The number of amides is 1. The molecule has 0 aromatic carbocycles. The van der Waals surface area contributed by atoms with Crippen LogP contribution in [0.3, 0.4) is 0 Å². The van der Waals surface area contributed by atoms with E-state index >= 15 is 0 Å². The molecule has 4 rings (SSSR count). The van der Waals surface area contributed by atoms with Gasteiger partial charge in [0.05, 0.1) is 12.5 Å². The average Bonchev–Trinajstić information content (AvgIpc) is 3.15. The SMILES string of the molecule is O=C(C1CCOC1)N1CCC(c2ccc3cccnc3n2)CC1. The fraction of sp³-hybridized carbons (Fsp3) is 0.500. The number of nitrogens with zero attached hydrogens (tertiary/aromatic N) is 3. The number of ether oxygens (including phenoxy) is 1. The molecular weight excluding hydrogens is 290 g/mol. The summed E-state index contributed by atoms with van der Waals surface area (Å²) < 4.78 is 5.34. The maximum absolute atomic E-state index is 12.4. The molecule has 0 aliphatic carbocycles. The molecule has 23 heavy (non-hydrogen) atoms. The van der Waals surface area contributed by atoms with Gasteiger partial charge in [-0.1, -0.05) is 0 Å². The number of pyridine rings is 2. The van der Waals surface area contributed by atoms with Crippen molar-refractivity contribution in [1.82, 2.24) is 14.9 Å². The molecule has 0 radical (unpaired) electrons. The van der Waals surface area contributed by atoms with Gasteiger partial charge in [0, 0.05) is 42.9 Å². The number of piperidine rings is 1. The molecule has 1 amide bonds. The van der Waals surface area contributed by atoms with E-state index in [0.29, 0.717) is 12.5 Å². The summed E-state index contributed by atoms with van der Waals surface area (Å²) in [6, 6.07) is 8.17. The van der Waals surface area contributed by atoms with E-state index in [1.165, 1.54) is 0 Å². The molecular formula is C18H21N3O2. The van der Waals surface area contributed by atoms with E-state index in [2.05, 4.69) is 17.1 Å². The Labute approximate surface area is 135 Å². The second-order valence-corrected chi connectivity index (χ2v) is 6.45. The summed E-state index contributed by atoms with van der Waals surface area (Å²) in [5.74, 6) is 0.772. The summed E-state index contributed by atoms with van der Waals surface area (Å²) in [7, 11) is 0. The molecule has 0 saturated carbocycles. The molecule has 5 heteroatoms. The number of hydrogen-bond donors (Lipinski definition) is 0. The van der Waals surface area contributed by atoms with Crippen molar-refractivity contribution < 1.29 is 9.53 Å². The minimum Gasteiger partial charge on any atom is -0.381 e. The van der Waals surface area contributed by atoms with Gasteiger partial charge in [0.15, 0.2) is 5.65 Å². The van der Waals surface area contributed by atoms with E-state index < -0.39 is 0 Å². The number of carbonyl (C=O) groups is 1. The highest BCUT2D eigenvalue weighted by Crippen LogP contribution is 2.29. The lowest BCUT2D eigenvalue weighted by atomic mass is 9.92. The normalized spacial score (nSPS) is 22.6. The van der Waals surface area contributed by atoms with E-state index in [0.717, 1.165) is 55.7 Å². The lowest BCUT2D eigenvalue weighted by Crippen LogP contribution is -2.41. The van der Waals surface area contributed by atoms with Gasteiger partial charge in [-0.15, -0.1) is 0 Å². The van der Waals surface area contributed by atoms with Gasteiger partial charge in [-0.25, -0.2) is 9.97 Å². The van der Waals surface area contributed by atoms with Crippen LogP contribution in [0.2, 0.25) is 0 Å². The molecule has 0 N–H and O–H groups in total. The lowest BCUT2D eigenvalue weighted by molar-refractivity contribution is -0.136. The molecule has 120 valence electrons. The monoisotopic (exact) mass is 311 g/mol. The van der Waals surface area contributed by atoms with Gasteiger partial charge >= 0.3 is 0 Å². The molecule has 2 aliphatic heterocycles. The summed E-state index contributed by atoms with van der Waals surface area (Å²) >= 11 is 0. The van der Waals surface area contributed by atoms with Crippen LogP contribution in [-0.2, 0) is 9.53 Å². The summed E-state index contributed by atoms with van der Waals surface area (Å²) in [6.07, 6.45) is 4.61. The lowest BCUT2D eigenvalue weighted by Gasteiger charge is -2.33. The number of rotatable bonds is 2. The van der Waals surface area contributed by atoms with Crippen molar-refractivity contribution in [3.8, 4) is 0 Å². The smallest absolute Gasteiger partial charge is 0.228 e. The third-order valence-corrected chi connectivity index (χ3v) is 4.99. The van der Waals surface area contributed by atoms with Gasteiger partial charge < -0.3 is 9.64 Å². The Kier molecular flexibility index (Phi) is 3.95. The Bertz CT molecular complexity index is 704. The third kappa shape index (κ3) is 2.93. The summed E-state index contributed by atoms with van der Waals surface area (Å²) in [5.41, 5.74) is 1.92. The van der Waals surface area contributed by atoms with Crippen molar-refractivity contribution in [2.24, 2.45) is 5.92 Å². The van der Waals surface area contributed by atoms with E-state index in [4.69, 9.17) is 9.72 Å². The number of fused-ring (bicyclic) bond motifs is 1. The van der Waals surface area contributed by atoms with Gasteiger partial charge in [-0.05, 0) is 43.5 Å². The predicted molar refractivity (Wildman–Crippen MR) is 87.0 cm³/mol. The zero-order chi connectivity index (χ0) is 15.6. The van der Waals surface area contributed by atoms with Crippen molar-refractivity contribution >= 4 is 16.9 Å². The third-order valence-electron chi connectivity index (χ3n) is 4.99. The molecule has 2 fully saturated rings. The highest BCUT2D eigenvalue weighted by Gasteiger charge is 2.31. The zero-order valence-corrected chi connectivity index (χ0v) is 13.1. The van der Waals surface area contributed by atoms with E-state index in [9.17, 15) is 4.79 Å². The average molecular weight is 311 g/mol. The Hall–Kier alpha value is -2.01. The van der Waals surface area contributed by atoms with Crippen molar-refractivity contribution in [2.75, 3.05) is 26.3 Å². The molecule has 0 spiro atoms. The Morgan fingerprint density at radius 1 is 1.17 bits per heavy atom. The van der Waals surface area contributed by atoms with Crippen LogP contribution in [0.25, 0.3) is 11.0 Å². The predicted octanol–water partition coefficient (Wildman–Crippen LogP) is 2.37. The number of hydrogen-bond acceptors (Lipinski definition) is 4. The Morgan fingerprint density at radius 3 is 2.83 bits per heavy atom. The van der Waals surface area contributed by atoms with Crippen LogP contribution in [0.5, 0.6) is 0 Å². The van der Waals surface area contributed by atoms with Crippen molar-refractivity contribution in [3.05, 3.63) is 36.2 Å². The second kappa shape index (κ2) is 6.24. The minimum absolute atomic E-state index is 0.0783. The first-order valence-corrected chi connectivity index (χ1v) is 8.39. The molecule has 1 unspecified atom stereocenters. The van der Waals surface area contributed by atoms with Crippen LogP contribution in [0.1, 0.15) is 30.9 Å². The maximum atomic E-state index is 12.4. The standard InChI is InChI=1S/C18H21N3O2/c22-18(15-7-11-23-12-15)21-9-5-13(6-10-21)16-4-3-14-2-1-8-19-17(14)20-16/h1-4,8,13,15H,5-7,9-12H2. The quantitative estimate of drug-likeness (QED) is 0.854. The van der Waals surface area contributed by atoms with Gasteiger partial charge in [-0.2, -0.15) is 0 Å². The topological polar surface area (TPSA) is 55.3 Å². The van der Waals surface area contributed by atoms with E-state index in [-0.39, 0.29) is 11.8 Å². The van der Waals surface area contributed by atoms with Crippen molar-refractivity contribution in [1.29, 1.82) is 0 Å². The van der Waals surface area contributed by atoms with Crippen LogP contribution in [0.4, 0.5) is 0 Å². The van der Waals surface area contributed by atoms with Gasteiger partial charge in [0.2, 0.25) is 5.91 Å². The van der Waals surface area contributed by atoms with Gasteiger partial charge in [0.1, 0.15) is 0 Å². The van der Waals surface area contributed by atoms with Crippen LogP contribution in [-0.4, -0.2) is 47.1 Å². The second-order valence-electron chi connectivity index (χ2n) is 6.45. The molecule has 2 saturated heterocycles. The minimum atomic E-state index is 0.0783. The number of carbonyl (C=O) groups excluding carboxylic acids is 1. The number of aromatic nitrogens is 2. The summed E-state index contributed by atoms with van der Waals surface area (Å²) in [6.45, 7) is 2.96. The first-order valence-electron chi connectivity index (χ1n) is 8.39. The Morgan fingerprint density at radius 2 is 2.04 bits per heavy atom. The molecule has 1 atom stereocenters. The fourth-order valence-electron chi connectivity index (χ4n) is 3.58. The molecule has 5 nitrogen and oxygen atoms in total. The van der Waals surface area contributed by atoms with E-state index in [1.54, 1.807) is 6.20 Å². The molecule has 2 aliphatic rings. The van der Waals surface area contributed by atoms with Gasteiger partial charge in [0.25, 0.3) is 0 Å². The van der Waals surface area contributed by atoms with Crippen molar-refractivity contribution in [2.45, 2.75) is 25.2 Å². The fourth-order valence-corrected chi connectivity index (χ4v) is 3.58. The summed E-state index contributed by atoms with van der Waals surface area (Å²) in [4.78, 5) is 23.5. The molecule has 4 heterocycles. The first-order chi connectivity index (χ1) is 11.3. The number of likely N-dealkylation sites (tertiary alicyclic amines) is 1. The molecule has 2 aromatic rings. The van der Waals surface area contributed by atoms with Crippen LogP contribution in [0, 0.1) is 5.92 Å².